The number of amides is 3. The van der Waals surface area contributed by atoms with Crippen LogP contribution >= 0.6 is 0 Å². The average Bonchev–Trinajstić information content (AvgIpc) is 3.44. The molecule has 2 aliphatic heterocycles. The summed E-state index contributed by atoms with van der Waals surface area (Å²) < 4.78 is 7.19. The van der Waals surface area contributed by atoms with Gasteiger partial charge in [0.2, 0.25) is 11.8 Å². The van der Waals surface area contributed by atoms with Gasteiger partial charge in [-0.05, 0) is 63.2 Å². The van der Waals surface area contributed by atoms with Gasteiger partial charge in [0.15, 0.2) is 0 Å². The standard InChI is InChI=1S/C35H34N8O4/c1-22(38-2)33(44)39-28-21-42(34(45)24-13-15-47-16-14-24)32-17-23(18-36)11-12-31(32)41(35(28)46)20-27-26-8-4-6-10-30(26)43(40-27)29-9-5-3-7-25(29)19-37/h3-12,17,22,24,28,38H,13-16,20-21H2,1-2H3,(H,39,44)/t22-,28-/m0/s1. The van der Waals surface area contributed by atoms with E-state index in [1.165, 1.54) is 4.90 Å². The molecule has 1 aromatic heterocycles. The Morgan fingerprint density at radius 2 is 1.74 bits per heavy atom. The predicted octanol–water partition coefficient (Wildman–Crippen LogP) is 3.17. The van der Waals surface area contributed by atoms with Crippen LogP contribution in [0.3, 0.4) is 0 Å². The van der Waals surface area contributed by atoms with Gasteiger partial charge in [-0.3, -0.25) is 14.4 Å². The fraction of sp³-hybridized carbons (Fsp3) is 0.314. The summed E-state index contributed by atoms with van der Waals surface area (Å²) in [6, 6.07) is 22.3. The number of nitrogens with zero attached hydrogens (tertiary/aromatic N) is 6. The molecule has 0 aliphatic carbocycles. The first-order chi connectivity index (χ1) is 22.8. The number of nitrogens with one attached hydrogen (secondary N) is 2. The Balaban J connectivity index is 1.49. The van der Waals surface area contributed by atoms with Gasteiger partial charge in [-0.15, -0.1) is 0 Å². The number of nitriles is 2. The summed E-state index contributed by atoms with van der Waals surface area (Å²) in [5, 5.41) is 31.1. The Hall–Kier alpha value is -5.56. The van der Waals surface area contributed by atoms with E-state index in [0.29, 0.717) is 59.9 Å². The van der Waals surface area contributed by atoms with Gasteiger partial charge in [0.05, 0.1) is 64.6 Å². The van der Waals surface area contributed by atoms with Gasteiger partial charge in [-0.1, -0.05) is 30.3 Å². The lowest BCUT2D eigenvalue weighted by molar-refractivity contribution is -0.129. The highest BCUT2D eigenvalue weighted by atomic mass is 16.5. The molecule has 2 atom stereocenters. The smallest absolute Gasteiger partial charge is 0.251 e. The van der Waals surface area contributed by atoms with Crippen LogP contribution in [0.4, 0.5) is 11.4 Å². The second-order valence-corrected chi connectivity index (χ2v) is 11.7. The lowest BCUT2D eigenvalue weighted by atomic mass is 9.97. The highest BCUT2D eigenvalue weighted by molar-refractivity contribution is 6.09. The van der Waals surface area contributed by atoms with Crippen molar-refractivity contribution < 1.29 is 19.1 Å². The minimum atomic E-state index is -1.09. The number of likely N-dealkylation sites (N-methyl/N-ethyl adjacent to an activating group) is 1. The third kappa shape index (κ3) is 6.04. The molecule has 3 amide bonds. The Morgan fingerprint density at radius 3 is 2.49 bits per heavy atom. The van der Waals surface area contributed by atoms with Crippen molar-refractivity contribution in [1.29, 1.82) is 10.5 Å². The van der Waals surface area contributed by atoms with E-state index in [-0.39, 0.29) is 24.9 Å². The summed E-state index contributed by atoms with van der Waals surface area (Å²) in [5.41, 5.74) is 3.49. The number of benzene rings is 3. The Labute approximate surface area is 272 Å². The van der Waals surface area contributed by atoms with Crippen LogP contribution in [-0.2, 0) is 25.7 Å². The van der Waals surface area contributed by atoms with Gasteiger partial charge in [0.25, 0.3) is 5.91 Å². The summed E-state index contributed by atoms with van der Waals surface area (Å²) in [4.78, 5) is 44.9. The Kier molecular flexibility index (Phi) is 8.98. The average molecular weight is 631 g/mol. The minimum absolute atomic E-state index is 0.00673. The van der Waals surface area contributed by atoms with Crippen molar-refractivity contribution in [3.8, 4) is 17.8 Å². The molecule has 12 nitrogen and oxygen atoms in total. The van der Waals surface area contributed by atoms with E-state index in [0.717, 1.165) is 10.9 Å². The molecule has 3 heterocycles. The predicted molar refractivity (Wildman–Crippen MR) is 174 cm³/mol. The second kappa shape index (κ2) is 13.4. The zero-order valence-corrected chi connectivity index (χ0v) is 26.1. The zero-order valence-electron chi connectivity index (χ0n) is 26.1. The molecule has 238 valence electrons. The van der Waals surface area contributed by atoms with E-state index in [1.54, 1.807) is 53.9 Å². The number of rotatable bonds is 7. The van der Waals surface area contributed by atoms with Gasteiger partial charge in [-0.25, -0.2) is 4.68 Å². The molecular weight excluding hydrogens is 596 g/mol. The van der Waals surface area contributed by atoms with Crippen molar-refractivity contribution >= 4 is 40.0 Å². The van der Waals surface area contributed by atoms with Crippen molar-refractivity contribution in [2.24, 2.45) is 5.92 Å². The van der Waals surface area contributed by atoms with Gasteiger partial charge >= 0.3 is 0 Å². The normalized spacial score (nSPS) is 17.4. The van der Waals surface area contributed by atoms with Crippen molar-refractivity contribution in [3.05, 3.63) is 83.6 Å². The van der Waals surface area contributed by atoms with Gasteiger partial charge in [0, 0.05) is 24.5 Å². The zero-order chi connectivity index (χ0) is 33.1. The molecule has 3 aromatic carbocycles. The van der Waals surface area contributed by atoms with Crippen LogP contribution < -0.4 is 20.4 Å². The van der Waals surface area contributed by atoms with Crippen molar-refractivity contribution in [1.82, 2.24) is 20.4 Å². The summed E-state index contributed by atoms with van der Waals surface area (Å²) in [6.45, 7) is 2.47. The van der Waals surface area contributed by atoms with Crippen molar-refractivity contribution in [2.45, 2.75) is 38.4 Å². The summed E-state index contributed by atoms with van der Waals surface area (Å²) >= 11 is 0. The fourth-order valence-electron chi connectivity index (χ4n) is 6.11. The molecule has 2 N–H and O–H groups in total. The minimum Gasteiger partial charge on any atom is -0.381 e. The molecule has 0 bridgehead atoms. The van der Waals surface area contributed by atoms with E-state index in [2.05, 4.69) is 22.8 Å². The van der Waals surface area contributed by atoms with Crippen LogP contribution in [0.5, 0.6) is 0 Å². The summed E-state index contributed by atoms with van der Waals surface area (Å²) in [5.74, 6) is -1.35. The van der Waals surface area contributed by atoms with Crippen LogP contribution in [0.2, 0.25) is 0 Å². The summed E-state index contributed by atoms with van der Waals surface area (Å²) in [7, 11) is 1.65. The van der Waals surface area contributed by atoms with E-state index < -0.39 is 23.9 Å². The second-order valence-electron chi connectivity index (χ2n) is 11.7. The van der Waals surface area contributed by atoms with Crippen LogP contribution in [0.1, 0.15) is 36.6 Å². The van der Waals surface area contributed by atoms with Crippen molar-refractivity contribution in [2.75, 3.05) is 36.6 Å². The number of aromatic nitrogens is 2. The third-order valence-electron chi connectivity index (χ3n) is 8.82. The SMILES string of the molecule is CN[C@@H](C)C(=O)N[C@H]1CN(C(=O)C2CCOCC2)c2cc(C#N)ccc2N(Cc2nn(-c3ccccc3C#N)c3ccccc23)C1=O. The molecule has 1 fully saturated rings. The van der Waals surface area contributed by atoms with Gasteiger partial charge < -0.3 is 25.2 Å². The van der Waals surface area contributed by atoms with Crippen LogP contribution in [0.25, 0.3) is 16.6 Å². The van der Waals surface area contributed by atoms with E-state index in [9.17, 15) is 24.9 Å². The highest BCUT2D eigenvalue weighted by Crippen LogP contribution is 2.37. The molecule has 47 heavy (non-hydrogen) atoms. The molecule has 0 spiro atoms. The van der Waals surface area contributed by atoms with Gasteiger partial charge in [0.1, 0.15) is 12.1 Å². The maximum absolute atomic E-state index is 14.6. The lowest BCUT2D eigenvalue weighted by Gasteiger charge is -2.31. The number of carbonyl (C=O) groups is 3. The van der Waals surface area contributed by atoms with Gasteiger partial charge in [-0.2, -0.15) is 15.6 Å². The molecule has 2 aliphatic rings. The molecule has 4 aromatic rings. The van der Waals surface area contributed by atoms with Crippen molar-refractivity contribution in [3.63, 3.8) is 0 Å². The third-order valence-corrected chi connectivity index (χ3v) is 8.82. The molecule has 0 saturated carbocycles. The Morgan fingerprint density at radius 1 is 1.00 bits per heavy atom. The maximum atomic E-state index is 14.6. The van der Waals surface area contributed by atoms with Crippen LogP contribution in [0, 0.1) is 28.6 Å². The number of hydrogen-bond acceptors (Lipinski definition) is 8. The largest absolute Gasteiger partial charge is 0.381 e. The molecular formula is C35H34N8O4. The first-order valence-corrected chi connectivity index (χ1v) is 15.5. The van der Waals surface area contributed by atoms with E-state index >= 15 is 0 Å². The van der Waals surface area contributed by atoms with Crippen LogP contribution in [0.15, 0.2) is 66.7 Å². The fourth-order valence-corrected chi connectivity index (χ4v) is 6.11. The summed E-state index contributed by atoms with van der Waals surface area (Å²) in [6.07, 6.45) is 1.06. The number of fused-ring (bicyclic) bond motifs is 2. The first kappa shape index (κ1) is 31.4. The van der Waals surface area contributed by atoms with E-state index in [1.807, 2.05) is 36.4 Å². The van der Waals surface area contributed by atoms with Crippen LogP contribution in [-0.4, -0.2) is 66.4 Å². The van der Waals surface area contributed by atoms with E-state index in [4.69, 9.17) is 9.84 Å². The maximum Gasteiger partial charge on any atom is 0.251 e. The topological polar surface area (TPSA) is 156 Å². The number of ether oxygens (including phenoxy) is 1. The number of anilines is 2. The number of hydrogen-bond donors (Lipinski definition) is 2. The number of para-hydroxylation sites is 2. The Bertz CT molecular complexity index is 1930. The lowest BCUT2D eigenvalue weighted by Crippen LogP contribution is -2.56. The highest BCUT2D eigenvalue weighted by Gasteiger charge is 2.40. The molecule has 12 heteroatoms. The molecule has 0 unspecified atom stereocenters. The molecule has 6 rings (SSSR count). The number of carbonyl (C=O) groups excluding carboxylic acids is 3. The molecule has 1 saturated heterocycles. The first-order valence-electron chi connectivity index (χ1n) is 15.5. The molecule has 0 radical (unpaired) electrons. The monoisotopic (exact) mass is 630 g/mol. The quantitative estimate of drug-likeness (QED) is 0.315.